The maximum Gasteiger partial charge on any atom is 0.287 e. The highest BCUT2D eigenvalue weighted by molar-refractivity contribution is 7.98. The van der Waals surface area contributed by atoms with E-state index in [0.29, 0.717) is 22.3 Å². The number of nitrogens with zero attached hydrogens (tertiary/aromatic N) is 2. The number of thiophene rings is 1. The summed E-state index contributed by atoms with van der Waals surface area (Å²) in [6, 6.07) is 13.5. The molecule has 28 heavy (non-hydrogen) atoms. The molecule has 1 amide bonds. The molecule has 1 atom stereocenters. The number of para-hydroxylation sites is 1. The van der Waals surface area contributed by atoms with Crippen molar-refractivity contribution in [1.29, 1.82) is 0 Å². The van der Waals surface area contributed by atoms with Gasteiger partial charge >= 0.3 is 0 Å². The minimum absolute atomic E-state index is 0.0290. The molecule has 1 N–H and O–H groups in total. The third-order valence-corrected chi connectivity index (χ3v) is 6.28. The van der Waals surface area contributed by atoms with Gasteiger partial charge in [-0.05, 0) is 30.0 Å². The molecule has 1 unspecified atom stereocenters. The minimum Gasteiger partial charge on any atom is -0.451 e. The van der Waals surface area contributed by atoms with E-state index < -0.39 is 0 Å². The number of carbonyl (C=O) groups is 1. The molecular formula is C21H19N3O2S2. The number of amides is 1. The molecule has 4 rings (SSSR count). The number of hydrogen-bond donors (Lipinski definition) is 1. The monoisotopic (exact) mass is 409 g/mol. The van der Waals surface area contributed by atoms with Crippen molar-refractivity contribution in [2.75, 3.05) is 0 Å². The smallest absolute Gasteiger partial charge is 0.287 e. The third kappa shape index (κ3) is 3.95. The lowest BCUT2D eigenvalue weighted by Gasteiger charge is -2.15. The molecule has 5 nitrogen and oxygen atoms in total. The highest BCUT2D eigenvalue weighted by Gasteiger charge is 2.23. The Morgan fingerprint density at radius 3 is 2.75 bits per heavy atom. The van der Waals surface area contributed by atoms with Gasteiger partial charge in [0.1, 0.15) is 5.58 Å². The van der Waals surface area contributed by atoms with Crippen molar-refractivity contribution < 1.29 is 9.21 Å². The molecule has 0 fully saturated rings. The summed E-state index contributed by atoms with van der Waals surface area (Å²) < 4.78 is 5.95. The van der Waals surface area contributed by atoms with Gasteiger partial charge in [0, 0.05) is 34.0 Å². The molecule has 7 heteroatoms. The highest BCUT2D eigenvalue weighted by Crippen LogP contribution is 2.32. The predicted molar refractivity (Wildman–Crippen MR) is 113 cm³/mol. The second kappa shape index (κ2) is 8.58. The van der Waals surface area contributed by atoms with E-state index in [0.717, 1.165) is 22.2 Å². The lowest BCUT2D eigenvalue weighted by atomic mass is 10.1. The molecule has 4 aromatic rings. The fraction of sp³-hybridized carbons (Fsp3) is 0.190. The van der Waals surface area contributed by atoms with Gasteiger partial charge in [0.25, 0.3) is 5.91 Å². The van der Waals surface area contributed by atoms with E-state index >= 15 is 0 Å². The van der Waals surface area contributed by atoms with Crippen molar-refractivity contribution in [3.05, 3.63) is 76.4 Å². The number of carbonyl (C=O) groups excluding carboxylic acids is 1. The zero-order valence-electron chi connectivity index (χ0n) is 15.3. The summed E-state index contributed by atoms with van der Waals surface area (Å²) in [7, 11) is 0. The SMILES string of the molecule is CCC(NC(=O)c1oc2ccccc2c1CSc1ncccn1)c1cccs1. The van der Waals surface area contributed by atoms with Crippen LogP contribution in [0.4, 0.5) is 0 Å². The Labute approximate surface area is 171 Å². The quantitative estimate of drug-likeness (QED) is 0.324. The van der Waals surface area contributed by atoms with Crippen molar-refractivity contribution in [3.63, 3.8) is 0 Å². The summed E-state index contributed by atoms with van der Waals surface area (Å²) in [5, 5.41) is 6.76. The molecular weight excluding hydrogens is 390 g/mol. The average Bonchev–Trinajstić information content (AvgIpc) is 3.39. The Bertz CT molecular complexity index is 1060. The maximum atomic E-state index is 13.1. The van der Waals surface area contributed by atoms with Gasteiger partial charge in [0.05, 0.1) is 6.04 Å². The summed E-state index contributed by atoms with van der Waals surface area (Å²) in [6.07, 6.45) is 4.24. The number of nitrogens with one attached hydrogen (secondary N) is 1. The van der Waals surface area contributed by atoms with Gasteiger partial charge in [-0.25, -0.2) is 9.97 Å². The summed E-state index contributed by atoms with van der Waals surface area (Å²) in [5.41, 5.74) is 1.58. The molecule has 0 saturated carbocycles. The van der Waals surface area contributed by atoms with Crippen LogP contribution < -0.4 is 5.32 Å². The van der Waals surface area contributed by atoms with Crippen molar-refractivity contribution in [3.8, 4) is 0 Å². The average molecular weight is 410 g/mol. The minimum atomic E-state index is -0.193. The van der Waals surface area contributed by atoms with E-state index in [1.165, 1.54) is 11.8 Å². The molecule has 0 aliphatic carbocycles. The van der Waals surface area contributed by atoms with Crippen molar-refractivity contribution >= 4 is 40.0 Å². The Morgan fingerprint density at radius 2 is 2.00 bits per heavy atom. The van der Waals surface area contributed by atoms with Crippen molar-refractivity contribution in [2.24, 2.45) is 0 Å². The van der Waals surface area contributed by atoms with E-state index in [1.54, 1.807) is 29.8 Å². The molecule has 3 heterocycles. The molecule has 0 radical (unpaired) electrons. The molecule has 3 aromatic heterocycles. The molecule has 0 aliphatic rings. The number of fused-ring (bicyclic) bond motifs is 1. The summed E-state index contributed by atoms with van der Waals surface area (Å²) in [5.74, 6) is 0.722. The van der Waals surface area contributed by atoms with Crippen LogP contribution in [0.15, 0.2) is 69.8 Å². The number of thioether (sulfide) groups is 1. The van der Waals surface area contributed by atoms with E-state index in [-0.39, 0.29) is 11.9 Å². The number of aromatic nitrogens is 2. The standard InChI is InChI=1S/C21H19N3O2S2/c1-2-16(18-9-5-12-27-18)24-20(25)19-15(13-28-21-22-10-6-11-23-21)14-7-3-4-8-17(14)26-19/h3-12,16H,2,13H2,1H3,(H,24,25). The van der Waals surface area contributed by atoms with Crippen LogP contribution in [0.25, 0.3) is 11.0 Å². The molecule has 0 spiro atoms. The lowest BCUT2D eigenvalue weighted by molar-refractivity contribution is 0.0909. The number of benzene rings is 1. The maximum absolute atomic E-state index is 13.1. The van der Waals surface area contributed by atoms with Gasteiger partial charge in [-0.3, -0.25) is 4.79 Å². The van der Waals surface area contributed by atoms with Gasteiger partial charge in [0.15, 0.2) is 10.9 Å². The van der Waals surface area contributed by atoms with Crippen LogP contribution in [0.3, 0.4) is 0 Å². The van der Waals surface area contributed by atoms with E-state index in [9.17, 15) is 4.79 Å². The first-order valence-corrected chi connectivity index (χ1v) is 10.9. The number of furan rings is 1. The Hall–Kier alpha value is -2.64. The zero-order valence-corrected chi connectivity index (χ0v) is 16.9. The van der Waals surface area contributed by atoms with Gasteiger partial charge in [0.2, 0.25) is 0 Å². The lowest BCUT2D eigenvalue weighted by Crippen LogP contribution is -2.28. The normalized spacial score (nSPS) is 12.2. The van der Waals surface area contributed by atoms with Crippen LogP contribution >= 0.6 is 23.1 Å². The first-order chi connectivity index (χ1) is 13.8. The van der Waals surface area contributed by atoms with E-state index in [2.05, 4.69) is 22.2 Å². The first-order valence-electron chi connectivity index (χ1n) is 9.00. The van der Waals surface area contributed by atoms with Crippen LogP contribution in [-0.4, -0.2) is 15.9 Å². The second-order valence-electron chi connectivity index (χ2n) is 6.18. The Morgan fingerprint density at radius 1 is 1.18 bits per heavy atom. The molecule has 0 aliphatic heterocycles. The van der Waals surface area contributed by atoms with Crippen LogP contribution in [0.2, 0.25) is 0 Å². The van der Waals surface area contributed by atoms with Gasteiger partial charge in [-0.15, -0.1) is 11.3 Å². The zero-order chi connectivity index (χ0) is 19.3. The Balaban J connectivity index is 1.63. The van der Waals surface area contributed by atoms with Crippen LogP contribution in [-0.2, 0) is 5.75 Å². The molecule has 0 bridgehead atoms. The largest absolute Gasteiger partial charge is 0.451 e. The summed E-state index contributed by atoms with van der Waals surface area (Å²) in [4.78, 5) is 22.7. The number of hydrogen-bond acceptors (Lipinski definition) is 6. The van der Waals surface area contributed by atoms with Crippen molar-refractivity contribution in [1.82, 2.24) is 15.3 Å². The van der Waals surface area contributed by atoms with Gasteiger partial charge in [-0.2, -0.15) is 0 Å². The molecule has 0 saturated heterocycles. The Kier molecular flexibility index (Phi) is 5.73. The summed E-state index contributed by atoms with van der Waals surface area (Å²) >= 11 is 3.13. The number of rotatable bonds is 7. The summed E-state index contributed by atoms with van der Waals surface area (Å²) in [6.45, 7) is 2.06. The van der Waals surface area contributed by atoms with Crippen molar-refractivity contribution in [2.45, 2.75) is 30.3 Å². The molecule has 1 aromatic carbocycles. The van der Waals surface area contributed by atoms with Crippen LogP contribution in [0, 0.1) is 0 Å². The topological polar surface area (TPSA) is 68.0 Å². The van der Waals surface area contributed by atoms with Crippen LogP contribution in [0.5, 0.6) is 0 Å². The fourth-order valence-corrected chi connectivity index (χ4v) is 4.70. The van der Waals surface area contributed by atoms with Gasteiger partial charge in [-0.1, -0.05) is 43.0 Å². The predicted octanol–water partition coefficient (Wildman–Crippen LogP) is 5.46. The van der Waals surface area contributed by atoms with E-state index in [4.69, 9.17) is 4.42 Å². The van der Waals surface area contributed by atoms with Gasteiger partial charge < -0.3 is 9.73 Å². The fourth-order valence-electron chi connectivity index (χ4n) is 3.01. The third-order valence-electron chi connectivity index (χ3n) is 4.39. The highest BCUT2D eigenvalue weighted by atomic mass is 32.2. The molecule has 142 valence electrons. The van der Waals surface area contributed by atoms with E-state index in [1.807, 2.05) is 41.8 Å². The van der Waals surface area contributed by atoms with Crippen LogP contribution in [0.1, 0.15) is 40.4 Å². The second-order valence-corrected chi connectivity index (χ2v) is 8.10. The first kappa shape index (κ1) is 18.7.